The fourth-order valence-electron chi connectivity index (χ4n) is 0.398. The number of hydroxylamine groups is 3. The van der Waals surface area contributed by atoms with Crippen molar-refractivity contribution in [2.45, 2.75) is 26.3 Å². The normalized spacial score (nSPS) is 19.4. The second kappa shape index (κ2) is 2.68. The van der Waals surface area contributed by atoms with E-state index in [0.717, 1.165) is 0 Å². The van der Waals surface area contributed by atoms with Gasteiger partial charge in [0.05, 0.1) is 0 Å². The first kappa shape index (κ1) is 9.59. The third-order valence-corrected chi connectivity index (χ3v) is 1.70. The molecule has 3 nitrogen and oxygen atoms in total. The van der Waals surface area contributed by atoms with Crippen molar-refractivity contribution in [1.29, 1.82) is 0 Å². The highest BCUT2D eigenvalue weighted by Crippen LogP contribution is 2.15. The molecule has 0 fully saturated rings. The van der Waals surface area contributed by atoms with E-state index in [4.69, 9.17) is 0 Å². The quantitative estimate of drug-likeness (QED) is 0.256. The van der Waals surface area contributed by atoms with Gasteiger partial charge in [0.1, 0.15) is 12.6 Å². The Hall–Kier alpha value is -0.410. The van der Waals surface area contributed by atoms with E-state index >= 15 is 0 Å². The summed E-state index contributed by atoms with van der Waals surface area (Å²) in [5, 5.41) is 9.64. The van der Waals surface area contributed by atoms with Crippen LogP contribution in [0.4, 0.5) is 0 Å². The topological polar surface area (TPSA) is 32.6 Å². The standard InChI is InChI=1S/C7H17N2O/c1-7(2,3)9(5,10)6-8-4/h6,10H,1-5H3/q+1. The van der Waals surface area contributed by atoms with E-state index in [1.54, 1.807) is 14.1 Å². The molecule has 10 heavy (non-hydrogen) atoms. The lowest BCUT2D eigenvalue weighted by Crippen LogP contribution is -2.53. The zero-order valence-electron chi connectivity index (χ0n) is 7.42. The molecule has 60 valence electrons. The summed E-state index contributed by atoms with van der Waals surface area (Å²) in [6.07, 6.45) is 1.51. The largest absolute Gasteiger partial charge is 0.242 e. The van der Waals surface area contributed by atoms with Gasteiger partial charge in [0.15, 0.2) is 0 Å². The van der Waals surface area contributed by atoms with Crippen molar-refractivity contribution in [3.63, 3.8) is 0 Å². The lowest BCUT2D eigenvalue weighted by Gasteiger charge is -2.33. The Morgan fingerprint density at radius 3 is 1.90 bits per heavy atom. The molecule has 0 saturated heterocycles. The molecular formula is C7H17N2O+. The van der Waals surface area contributed by atoms with Crippen molar-refractivity contribution in [1.82, 2.24) is 0 Å². The van der Waals surface area contributed by atoms with Crippen molar-refractivity contribution in [3.8, 4) is 0 Å². The Morgan fingerprint density at radius 1 is 1.40 bits per heavy atom. The van der Waals surface area contributed by atoms with Gasteiger partial charge in [-0.15, -0.1) is 4.65 Å². The fraction of sp³-hybridized carbons (Fsp3) is 0.857. The molecule has 0 aliphatic rings. The summed E-state index contributed by atoms with van der Waals surface area (Å²) in [6.45, 7) is 5.86. The van der Waals surface area contributed by atoms with Crippen molar-refractivity contribution in [3.05, 3.63) is 0 Å². The summed E-state index contributed by atoms with van der Waals surface area (Å²) < 4.78 is -0.177. The lowest BCUT2D eigenvalue weighted by atomic mass is 10.1. The van der Waals surface area contributed by atoms with Crippen LogP contribution in [0.25, 0.3) is 0 Å². The average molecular weight is 145 g/mol. The Kier molecular flexibility index (Phi) is 2.57. The van der Waals surface area contributed by atoms with Gasteiger partial charge in [-0.25, -0.2) is 10.2 Å². The molecule has 0 amide bonds. The first-order chi connectivity index (χ1) is 4.31. The van der Waals surface area contributed by atoms with Crippen LogP contribution in [0, 0.1) is 0 Å². The molecule has 0 aliphatic carbocycles. The van der Waals surface area contributed by atoms with Gasteiger partial charge in [0.2, 0.25) is 6.34 Å². The van der Waals surface area contributed by atoms with Gasteiger partial charge in [0.25, 0.3) is 0 Å². The van der Waals surface area contributed by atoms with Gasteiger partial charge in [-0.3, -0.25) is 0 Å². The highest BCUT2D eigenvalue weighted by molar-refractivity contribution is 5.45. The zero-order chi connectivity index (χ0) is 8.41. The Bertz CT molecular complexity index is 133. The molecule has 0 saturated carbocycles. The minimum Gasteiger partial charge on any atom is -0.242 e. The number of hydrogen-bond donors (Lipinski definition) is 1. The van der Waals surface area contributed by atoms with Crippen LogP contribution in [0.15, 0.2) is 4.99 Å². The summed E-state index contributed by atoms with van der Waals surface area (Å²) in [7, 11) is 3.35. The molecule has 0 spiro atoms. The molecule has 0 aromatic carbocycles. The first-order valence-corrected chi connectivity index (χ1v) is 3.33. The molecule has 1 N–H and O–H groups in total. The molecule has 0 aliphatic heterocycles. The van der Waals surface area contributed by atoms with Crippen LogP contribution in [0.2, 0.25) is 0 Å². The maximum absolute atomic E-state index is 9.64. The van der Waals surface area contributed by atoms with E-state index < -0.39 is 0 Å². The van der Waals surface area contributed by atoms with Crippen LogP contribution in [-0.2, 0) is 0 Å². The monoisotopic (exact) mass is 145 g/mol. The van der Waals surface area contributed by atoms with Crippen molar-refractivity contribution >= 4 is 6.34 Å². The van der Waals surface area contributed by atoms with Gasteiger partial charge in [-0.1, -0.05) is 0 Å². The van der Waals surface area contributed by atoms with Crippen LogP contribution in [0.3, 0.4) is 0 Å². The SMILES string of the molecule is CN=C[N+](C)(O)C(C)(C)C. The molecule has 0 heterocycles. The first-order valence-electron chi connectivity index (χ1n) is 3.33. The van der Waals surface area contributed by atoms with Crippen molar-refractivity contribution < 1.29 is 9.85 Å². The number of nitrogens with zero attached hydrogens (tertiary/aromatic N) is 2. The molecule has 1 atom stereocenters. The van der Waals surface area contributed by atoms with E-state index in [2.05, 4.69) is 4.99 Å². The molecule has 0 bridgehead atoms. The summed E-state index contributed by atoms with van der Waals surface area (Å²) in [5.41, 5.74) is -0.209. The predicted molar refractivity (Wildman–Crippen MR) is 42.1 cm³/mol. The minimum absolute atomic E-state index is 0.177. The summed E-state index contributed by atoms with van der Waals surface area (Å²) in [5.74, 6) is 0. The molecule has 0 radical (unpaired) electrons. The number of aliphatic imine (C=N–C) groups is 1. The van der Waals surface area contributed by atoms with Gasteiger partial charge < -0.3 is 0 Å². The van der Waals surface area contributed by atoms with Crippen molar-refractivity contribution in [2.24, 2.45) is 4.99 Å². The lowest BCUT2D eigenvalue weighted by molar-refractivity contribution is -1.05. The van der Waals surface area contributed by atoms with Crippen molar-refractivity contribution in [2.75, 3.05) is 14.1 Å². The van der Waals surface area contributed by atoms with E-state index in [-0.39, 0.29) is 10.2 Å². The van der Waals surface area contributed by atoms with Crippen LogP contribution >= 0.6 is 0 Å². The number of quaternary nitrogens is 1. The molecule has 0 rings (SSSR count). The van der Waals surface area contributed by atoms with Crippen LogP contribution in [0.1, 0.15) is 20.8 Å². The molecule has 3 heteroatoms. The third-order valence-electron chi connectivity index (χ3n) is 1.70. The second-order valence-corrected chi connectivity index (χ2v) is 3.57. The van der Waals surface area contributed by atoms with E-state index in [0.29, 0.717) is 0 Å². The molecule has 0 aromatic rings. The third kappa shape index (κ3) is 2.08. The van der Waals surface area contributed by atoms with Crippen LogP contribution in [0.5, 0.6) is 0 Å². The van der Waals surface area contributed by atoms with E-state index in [1.165, 1.54) is 6.34 Å². The Labute approximate surface area is 62.5 Å². The summed E-state index contributed by atoms with van der Waals surface area (Å²) >= 11 is 0. The van der Waals surface area contributed by atoms with E-state index in [1.807, 2.05) is 20.8 Å². The smallest absolute Gasteiger partial charge is 0.218 e. The van der Waals surface area contributed by atoms with Gasteiger partial charge in [-0.2, -0.15) is 0 Å². The minimum atomic E-state index is -0.209. The Balaban J connectivity index is 4.40. The zero-order valence-corrected chi connectivity index (χ0v) is 7.42. The number of rotatable bonds is 1. The predicted octanol–water partition coefficient (Wildman–Crippen LogP) is 1.28. The highest BCUT2D eigenvalue weighted by Gasteiger charge is 2.33. The molecular weight excluding hydrogens is 128 g/mol. The van der Waals surface area contributed by atoms with Crippen LogP contribution in [-0.4, -0.2) is 35.8 Å². The molecule has 0 aromatic heterocycles. The average Bonchev–Trinajstić information content (AvgIpc) is 1.61. The van der Waals surface area contributed by atoms with Gasteiger partial charge >= 0.3 is 0 Å². The summed E-state index contributed by atoms with van der Waals surface area (Å²) in [4.78, 5) is 3.77. The maximum atomic E-state index is 9.64. The number of hydrogen-bond acceptors (Lipinski definition) is 2. The maximum Gasteiger partial charge on any atom is 0.218 e. The highest BCUT2D eigenvalue weighted by atomic mass is 16.5. The second-order valence-electron chi connectivity index (χ2n) is 3.57. The van der Waals surface area contributed by atoms with E-state index in [9.17, 15) is 5.21 Å². The van der Waals surface area contributed by atoms with Crippen LogP contribution < -0.4 is 0 Å². The Morgan fingerprint density at radius 2 is 1.80 bits per heavy atom. The van der Waals surface area contributed by atoms with Gasteiger partial charge in [-0.05, 0) is 20.8 Å². The van der Waals surface area contributed by atoms with Gasteiger partial charge in [0, 0.05) is 7.05 Å². The fourth-order valence-corrected chi connectivity index (χ4v) is 0.398. The summed E-state index contributed by atoms with van der Waals surface area (Å²) in [6, 6.07) is 0. The molecule has 1 unspecified atom stereocenters.